The van der Waals surface area contributed by atoms with Crippen molar-refractivity contribution in [3.05, 3.63) is 42.4 Å². The van der Waals surface area contributed by atoms with Gasteiger partial charge in [-0.25, -0.2) is 0 Å². The summed E-state index contributed by atoms with van der Waals surface area (Å²) in [5.74, 6) is -0.0261. The Bertz CT molecular complexity index is 304. The van der Waals surface area contributed by atoms with Crippen molar-refractivity contribution in [2.75, 3.05) is 14.1 Å². The molecule has 0 aromatic carbocycles. The van der Waals surface area contributed by atoms with Gasteiger partial charge < -0.3 is 4.90 Å². The fourth-order valence-electron chi connectivity index (χ4n) is 0.822. The Balaban J connectivity index is 2.70. The van der Waals surface area contributed by atoms with Crippen molar-refractivity contribution in [3.8, 4) is 0 Å². The summed E-state index contributed by atoms with van der Waals surface area (Å²) >= 11 is 0. The third-order valence-electron chi connectivity index (χ3n) is 1.47. The van der Waals surface area contributed by atoms with Crippen LogP contribution in [0, 0.1) is 0 Å². The molecule has 0 saturated heterocycles. The minimum Gasteiger partial charge on any atom is -0.383 e. The maximum atomic E-state index is 11.4. The number of aromatic nitrogens is 1. The monoisotopic (exact) mass is 176 g/mol. The number of hydrogen-bond donors (Lipinski definition) is 0. The van der Waals surface area contributed by atoms with Gasteiger partial charge in [0.05, 0.1) is 0 Å². The van der Waals surface area contributed by atoms with Crippen LogP contribution in [0.1, 0.15) is 10.4 Å². The van der Waals surface area contributed by atoms with Crippen molar-refractivity contribution < 1.29 is 4.79 Å². The Kier molecular flexibility index (Phi) is 3.20. The Morgan fingerprint density at radius 1 is 1.54 bits per heavy atom. The molecule has 0 fully saturated rings. The standard InChI is InChI=1S/C10H12N2O/c1-12(2)7-5-10(13)9-4-3-6-11-8-9/h3-8H,1-2H3/b7-5-. The second kappa shape index (κ2) is 4.40. The third kappa shape index (κ3) is 3.07. The highest BCUT2D eigenvalue weighted by Crippen LogP contribution is 1.98. The fourth-order valence-corrected chi connectivity index (χ4v) is 0.822. The molecule has 1 heterocycles. The van der Waals surface area contributed by atoms with E-state index in [-0.39, 0.29) is 5.78 Å². The van der Waals surface area contributed by atoms with E-state index in [1.807, 2.05) is 19.0 Å². The van der Waals surface area contributed by atoms with Gasteiger partial charge in [0.25, 0.3) is 0 Å². The first-order valence-electron chi connectivity index (χ1n) is 3.99. The number of nitrogens with zero attached hydrogens (tertiary/aromatic N) is 2. The second-order valence-corrected chi connectivity index (χ2v) is 2.89. The van der Waals surface area contributed by atoms with Gasteiger partial charge in [-0.15, -0.1) is 0 Å². The fraction of sp³-hybridized carbons (Fsp3) is 0.200. The summed E-state index contributed by atoms with van der Waals surface area (Å²) in [4.78, 5) is 17.1. The van der Waals surface area contributed by atoms with E-state index in [9.17, 15) is 4.79 Å². The highest BCUT2D eigenvalue weighted by Gasteiger charge is 1.99. The van der Waals surface area contributed by atoms with Crippen LogP contribution in [0.3, 0.4) is 0 Å². The molecule has 0 unspecified atom stereocenters. The lowest BCUT2D eigenvalue weighted by molar-refractivity contribution is 0.104. The van der Waals surface area contributed by atoms with Gasteiger partial charge in [-0.05, 0) is 12.1 Å². The summed E-state index contributed by atoms with van der Waals surface area (Å²) in [6, 6.07) is 3.49. The van der Waals surface area contributed by atoms with Crippen LogP contribution in [0.25, 0.3) is 0 Å². The molecule has 1 aromatic rings. The molecule has 13 heavy (non-hydrogen) atoms. The lowest BCUT2D eigenvalue weighted by Crippen LogP contribution is -2.03. The van der Waals surface area contributed by atoms with E-state index in [1.54, 1.807) is 30.7 Å². The summed E-state index contributed by atoms with van der Waals surface area (Å²) in [7, 11) is 3.74. The van der Waals surface area contributed by atoms with Gasteiger partial charge in [0.2, 0.25) is 0 Å². The number of carbonyl (C=O) groups is 1. The largest absolute Gasteiger partial charge is 0.383 e. The number of allylic oxidation sites excluding steroid dienone is 1. The van der Waals surface area contributed by atoms with Crippen LogP contribution in [0.5, 0.6) is 0 Å². The first kappa shape index (κ1) is 9.45. The van der Waals surface area contributed by atoms with Gasteiger partial charge in [0.15, 0.2) is 5.78 Å². The summed E-state index contributed by atoms with van der Waals surface area (Å²) in [5, 5.41) is 0. The average molecular weight is 176 g/mol. The molecule has 0 atom stereocenters. The molecule has 1 aromatic heterocycles. The van der Waals surface area contributed by atoms with Gasteiger partial charge in [0.1, 0.15) is 0 Å². The Hall–Kier alpha value is -1.64. The highest BCUT2D eigenvalue weighted by atomic mass is 16.1. The van der Waals surface area contributed by atoms with Crippen LogP contribution in [-0.4, -0.2) is 29.8 Å². The molecule has 0 aliphatic carbocycles. The van der Waals surface area contributed by atoms with Crippen LogP contribution >= 0.6 is 0 Å². The van der Waals surface area contributed by atoms with Crippen molar-refractivity contribution in [2.24, 2.45) is 0 Å². The Morgan fingerprint density at radius 2 is 2.31 bits per heavy atom. The van der Waals surface area contributed by atoms with E-state index in [0.29, 0.717) is 5.56 Å². The summed E-state index contributed by atoms with van der Waals surface area (Å²) in [5.41, 5.74) is 0.612. The number of carbonyl (C=O) groups excluding carboxylic acids is 1. The minimum absolute atomic E-state index is 0.0261. The molecule has 0 aliphatic rings. The van der Waals surface area contributed by atoms with E-state index in [4.69, 9.17) is 0 Å². The molecule has 1 rings (SSSR count). The molecule has 0 amide bonds. The van der Waals surface area contributed by atoms with Crippen LogP contribution in [-0.2, 0) is 0 Å². The number of rotatable bonds is 3. The maximum absolute atomic E-state index is 11.4. The predicted octanol–water partition coefficient (Wildman–Crippen LogP) is 1.34. The molecule has 68 valence electrons. The lowest BCUT2D eigenvalue weighted by Gasteiger charge is -2.02. The van der Waals surface area contributed by atoms with Crippen molar-refractivity contribution in [2.45, 2.75) is 0 Å². The van der Waals surface area contributed by atoms with E-state index in [0.717, 1.165) is 0 Å². The van der Waals surface area contributed by atoms with E-state index >= 15 is 0 Å². The van der Waals surface area contributed by atoms with Gasteiger partial charge in [-0.2, -0.15) is 0 Å². The van der Waals surface area contributed by atoms with Crippen LogP contribution < -0.4 is 0 Å². The van der Waals surface area contributed by atoms with Crippen LogP contribution in [0.15, 0.2) is 36.8 Å². The van der Waals surface area contributed by atoms with Gasteiger partial charge in [0, 0.05) is 44.3 Å². The third-order valence-corrected chi connectivity index (χ3v) is 1.47. The first-order valence-corrected chi connectivity index (χ1v) is 3.99. The van der Waals surface area contributed by atoms with Crippen molar-refractivity contribution in [1.29, 1.82) is 0 Å². The maximum Gasteiger partial charge on any atom is 0.188 e. The van der Waals surface area contributed by atoms with Crippen molar-refractivity contribution >= 4 is 5.78 Å². The van der Waals surface area contributed by atoms with Gasteiger partial charge in [-0.3, -0.25) is 9.78 Å². The summed E-state index contributed by atoms with van der Waals surface area (Å²) in [6.45, 7) is 0. The minimum atomic E-state index is -0.0261. The van der Waals surface area contributed by atoms with Gasteiger partial charge >= 0.3 is 0 Å². The molecule has 3 nitrogen and oxygen atoms in total. The number of hydrogen-bond acceptors (Lipinski definition) is 3. The van der Waals surface area contributed by atoms with E-state index in [2.05, 4.69) is 4.98 Å². The summed E-state index contributed by atoms with van der Waals surface area (Å²) < 4.78 is 0. The molecule has 0 bridgehead atoms. The highest BCUT2D eigenvalue weighted by molar-refractivity contribution is 6.04. The lowest BCUT2D eigenvalue weighted by atomic mass is 10.2. The molecule has 0 saturated carbocycles. The van der Waals surface area contributed by atoms with Crippen LogP contribution in [0.4, 0.5) is 0 Å². The molecule has 0 N–H and O–H groups in total. The quantitative estimate of drug-likeness (QED) is 0.514. The topological polar surface area (TPSA) is 33.2 Å². The van der Waals surface area contributed by atoms with Crippen LogP contribution in [0.2, 0.25) is 0 Å². The molecule has 0 aliphatic heterocycles. The average Bonchev–Trinajstić information content (AvgIpc) is 2.15. The zero-order chi connectivity index (χ0) is 9.68. The molecular formula is C10H12N2O. The second-order valence-electron chi connectivity index (χ2n) is 2.89. The SMILES string of the molecule is CN(C)/C=C\C(=O)c1cccnc1. The molecule has 0 radical (unpaired) electrons. The number of pyridine rings is 1. The summed E-state index contributed by atoms with van der Waals surface area (Å²) in [6.07, 6.45) is 6.45. The van der Waals surface area contributed by atoms with Crippen molar-refractivity contribution in [3.63, 3.8) is 0 Å². The zero-order valence-electron chi connectivity index (χ0n) is 7.77. The first-order chi connectivity index (χ1) is 6.20. The zero-order valence-corrected chi connectivity index (χ0v) is 7.77. The van der Waals surface area contributed by atoms with E-state index < -0.39 is 0 Å². The Morgan fingerprint density at radius 3 is 2.85 bits per heavy atom. The molecule has 3 heteroatoms. The normalized spacial score (nSPS) is 10.3. The molecule has 0 spiro atoms. The molecular weight excluding hydrogens is 164 g/mol. The predicted molar refractivity (Wildman–Crippen MR) is 51.4 cm³/mol. The Labute approximate surface area is 77.7 Å². The number of ketones is 1. The van der Waals surface area contributed by atoms with E-state index in [1.165, 1.54) is 6.08 Å². The smallest absolute Gasteiger partial charge is 0.188 e. The van der Waals surface area contributed by atoms with Gasteiger partial charge in [-0.1, -0.05) is 0 Å². The van der Waals surface area contributed by atoms with Crippen molar-refractivity contribution in [1.82, 2.24) is 9.88 Å².